The van der Waals surface area contributed by atoms with Gasteiger partial charge in [-0.15, -0.1) is 0 Å². The molecule has 3 aromatic heterocycles. The van der Waals surface area contributed by atoms with Crippen LogP contribution >= 0.6 is 0 Å². The third kappa shape index (κ3) is 6.79. The number of amides is 1. The molecule has 1 amide bonds. The SMILES string of the molecule is Cc1cc2c(F)c(Oc3ncnn4cc(OCC(CCS(C)(=O)=O)NC(=O)OCc5ccccc5)c(C)c34)ccc2[nH]1. The van der Waals surface area contributed by atoms with E-state index in [1.165, 1.54) is 16.9 Å². The lowest BCUT2D eigenvalue weighted by Gasteiger charge is -2.19. The second-order valence-corrected chi connectivity index (χ2v) is 12.3. The highest BCUT2D eigenvalue weighted by molar-refractivity contribution is 7.90. The lowest BCUT2D eigenvalue weighted by Crippen LogP contribution is -2.40. The standard InChI is InChI=1S/C29H30FN5O6S/c1-18-13-22-23(33-18)9-10-24(26(22)30)41-28-27-19(2)25(14-35(27)32-17-31-28)39-16-21(11-12-42(3,37)38)34-29(36)40-15-20-7-5-4-6-8-20/h4-10,13-14,17,21,33H,11-12,15-16H2,1-3H3,(H,34,36). The summed E-state index contributed by atoms with van der Waals surface area (Å²) in [5.41, 5.74) is 3.36. The minimum absolute atomic E-state index is 0.00391. The van der Waals surface area contributed by atoms with Crippen LogP contribution in [0.25, 0.3) is 16.4 Å². The maximum absolute atomic E-state index is 15.2. The van der Waals surface area contributed by atoms with E-state index in [1.807, 2.05) is 37.3 Å². The topological polar surface area (TPSA) is 137 Å². The number of aryl methyl sites for hydroxylation is 2. The van der Waals surface area contributed by atoms with Crippen LogP contribution in [-0.2, 0) is 21.2 Å². The number of carbonyl (C=O) groups is 1. The van der Waals surface area contributed by atoms with Gasteiger partial charge in [0.2, 0.25) is 5.88 Å². The number of fused-ring (bicyclic) bond motifs is 2. The number of alkyl carbamates (subject to hydrolysis) is 1. The maximum atomic E-state index is 15.2. The number of rotatable bonds is 11. The van der Waals surface area contributed by atoms with Gasteiger partial charge < -0.3 is 24.5 Å². The summed E-state index contributed by atoms with van der Waals surface area (Å²) in [5.74, 6) is -0.144. The number of hydrogen-bond acceptors (Lipinski definition) is 8. The molecule has 42 heavy (non-hydrogen) atoms. The molecule has 1 atom stereocenters. The normalized spacial score (nSPS) is 12.4. The summed E-state index contributed by atoms with van der Waals surface area (Å²) in [6.45, 7) is 3.63. The van der Waals surface area contributed by atoms with E-state index >= 15 is 4.39 Å². The van der Waals surface area contributed by atoms with Crippen molar-refractivity contribution < 1.29 is 31.8 Å². The third-order valence-electron chi connectivity index (χ3n) is 6.60. The summed E-state index contributed by atoms with van der Waals surface area (Å²) < 4.78 is 57.5. The van der Waals surface area contributed by atoms with E-state index in [0.29, 0.717) is 27.7 Å². The Morgan fingerprint density at radius 1 is 1.14 bits per heavy atom. The average molecular weight is 596 g/mol. The van der Waals surface area contributed by atoms with Crippen molar-refractivity contribution in [2.75, 3.05) is 18.6 Å². The van der Waals surface area contributed by atoms with Gasteiger partial charge in [-0.2, -0.15) is 10.1 Å². The number of ether oxygens (including phenoxy) is 3. The van der Waals surface area contributed by atoms with E-state index < -0.39 is 27.8 Å². The van der Waals surface area contributed by atoms with Crippen LogP contribution in [0.5, 0.6) is 17.4 Å². The van der Waals surface area contributed by atoms with E-state index in [4.69, 9.17) is 14.2 Å². The monoisotopic (exact) mass is 595 g/mol. The summed E-state index contributed by atoms with van der Waals surface area (Å²) in [7, 11) is -3.29. The first-order valence-corrected chi connectivity index (χ1v) is 15.2. The van der Waals surface area contributed by atoms with Crippen LogP contribution < -0.4 is 14.8 Å². The predicted molar refractivity (Wildman–Crippen MR) is 154 cm³/mol. The summed E-state index contributed by atoms with van der Waals surface area (Å²) in [6, 6.07) is 13.5. The fourth-order valence-electron chi connectivity index (χ4n) is 4.47. The number of nitrogens with one attached hydrogen (secondary N) is 2. The van der Waals surface area contributed by atoms with Crippen LogP contribution in [0.1, 0.15) is 23.2 Å². The molecule has 13 heteroatoms. The minimum Gasteiger partial charge on any atom is -0.489 e. The Morgan fingerprint density at radius 2 is 1.93 bits per heavy atom. The molecule has 1 unspecified atom stereocenters. The molecular weight excluding hydrogens is 565 g/mol. The molecular formula is C29H30FN5O6S. The van der Waals surface area contributed by atoms with Crippen molar-refractivity contribution in [3.05, 3.63) is 83.7 Å². The molecule has 0 saturated carbocycles. The summed E-state index contributed by atoms with van der Waals surface area (Å²) in [5, 5.41) is 7.32. The molecule has 0 aliphatic rings. The lowest BCUT2D eigenvalue weighted by atomic mass is 10.2. The van der Waals surface area contributed by atoms with Gasteiger partial charge >= 0.3 is 6.09 Å². The quantitative estimate of drug-likeness (QED) is 0.221. The molecule has 220 valence electrons. The van der Waals surface area contributed by atoms with E-state index in [9.17, 15) is 13.2 Å². The summed E-state index contributed by atoms with van der Waals surface area (Å²) in [4.78, 5) is 19.8. The molecule has 0 fully saturated rings. The zero-order valence-electron chi connectivity index (χ0n) is 23.3. The van der Waals surface area contributed by atoms with E-state index in [1.54, 1.807) is 25.3 Å². The van der Waals surface area contributed by atoms with Crippen molar-refractivity contribution in [1.29, 1.82) is 0 Å². The number of aromatic nitrogens is 4. The molecule has 2 N–H and O–H groups in total. The highest BCUT2D eigenvalue weighted by atomic mass is 32.2. The second-order valence-electron chi connectivity index (χ2n) is 10.0. The number of halogens is 1. The van der Waals surface area contributed by atoms with Crippen LogP contribution in [0.2, 0.25) is 0 Å². The Bertz CT molecular complexity index is 1840. The van der Waals surface area contributed by atoms with Crippen molar-refractivity contribution in [1.82, 2.24) is 24.9 Å². The predicted octanol–water partition coefficient (Wildman–Crippen LogP) is 4.87. The smallest absolute Gasteiger partial charge is 0.407 e. The number of hydrogen-bond donors (Lipinski definition) is 2. The van der Waals surface area contributed by atoms with Crippen LogP contribution in [0.4, 0.5) is 9.18 Å². The van der Waals surface area contributed by atoms with Crippen molar-refractivity contribution in [2.24, 2.45) is 0 Å². The van der Waals surface area contributed by atoms with Crippen molar-refractivity contribution in [2.45, 2.75) is 32.9 Å². The Kier molecular flexibility index (Phi) is 8.29. The van der Waals surface area contributed by atoms with E-state index in [2.05, 4.69) is 20.4 Å². The van der Waals surface area contributed by atoms with Gasteiger partial charge in [-0.1, -0.05) is 30.3 Å². The molecule has 0 saturated heterocycles. The zero-order chi connectivity index (χ0) is 29.9. The highest BCUT2D eigenvalue weighted by Gasteiger charge is 2.21. The first kappa shape index (κ1) is 28.9. The first-order chi connectivity index (χ1) is 20.1. The molecule has 0 spiro atoms. The number of carbonyl (C=O) groups excluding carboxylic acids is 1. The third-order valence-corrected chi connectivity index (χ3v) is 7.58. The second kappa shape index (κ2) is 12.1. The molecule has 11 nitrogen and oxygen atoms in total. The Morgan fingerprint density at radius 3 is 2.69 bits per heavy atom. The zero-order valence-corrected chi connectivity index (χ0v) is 24.1. The molecule has 5 aromatic rings. The minimum atomic E-state index is -3.29. The Hall–Kier alpha value is -4.65. The lowest BCUT2D eigenvalue weighted by molar-refractivity contribution is 0.130. The first-order valence-electron chi connectivity index (χ1n) is 13.1. The van der Waals surface area contributed by atoms with Crippen LogP contribution in [0, 0.1) is 19.7 Å². The van der Waals surface area contributed by atoms with Gasteiger partial charge in [0.1, 0.15) is 40.6 Å². The number of nitrogens with zero attached hydrogens (tertiary/aromatic N) is 3. The van der Waals surface area contributed by atoms with Crippen LogP contribution in [0.15, 0.2) is 61.1 Å². The highest BCUT2D eigenvalue weighted by Crippen LogP contribution is 2.34. The van der Waals surface area contributed by atoms with E-state index in [-0.39, 0.29) is 37.0 Å². The molecule has 0 bridgehead atoms. The van der Waals surface area contributed by atoms with Gasteiger partial charge in [-0.3, -0.25) is 0 Å². The van der Waals surface area contributed by atoms with Crippen LogP contribution in [0.3, 0.4) is 0 Å². The fraction of sp³-hybridized carbons (Fsp3) is 0.276. The number of sulfone groups is 1. The maximum Gasteiger partial charge on any atom is 0.407 e. The van der Waals surface area contributed by atoms with Crippen molar-refractivity contribution in [3.8, 4) is 17.4 Å². The number of aromatic amines is 1. The molecule has 5 rings (SSSR count). The molecule has 0 aliphatic carbocycles. The van der Waals surface area contributed by atoms with Crippen LogP contribution in [-0.4, -0.2) is 58.8 Å². The van der Waals surface area contributed by atoms with Gasteiger partial charge in [0.25, 0.3) is 0 Å². The van der Waals surface area contributed by atoms with Gasteiger partial charge in [-0.05, 0) is 44.0 Å². The Balaban J connectivity index is 1.32. The fourth-order valence-corrected chi connectivity index (χ4v) is 5.18. The van der Waals surface area contributed by atoms with Gasteiger partial charge in [-0.25, -0.2) is 22.1 Å². The largest absolute Gasteiger partial charge is 0.489 e. The molecule has 3 heterocycles. The van der Waals surface area contributed by atoms with Gasteiger partial charge in [0, 0.05) is 28.4 Å². The molecule has 2 aromatic carbocycles. The summed E-state index contributed by atoms with van der Waals surface area (Å²) >= 11 is 0. The van der Waals surface area contributed by atoms with Crippen molar-refractivity contribution in [3.63, 3.8) is 0 Å². The number of H-pyrrole nitrogens is 1. The number of benzene rings is 2. The Labute approximate surface area is 241 Å². The molecule has 0 aliphatic heterocycles. The summed E-state index contributed by atoms with van der Waals surface area (Å²) in [6.07, 6.45) is 3.43. The van der Waals surface area contributed by atoms with Crippen molar-refractivity contribution >= 4 is 32.4 Å². The van der Waals surface area contributed by atoms with Gasteiger partial charge in [0.05, 0.1) is 18.0 Å². The molecule has 0 radical (unpaired) electrons. The average Bonchev–Trinajstić information content (AvgIpc) is 3.50. The van der Waals surface area contributed by atoms with Gasteiger partial charge in [0.15, 0.2) is 11.6 Å². The van der Waals surface area contributed by atoms with E-state index in [0.717, 1.165) is 17.5 Å².